The zero-order chi connectivity index (χ0) is 15.2. The highest BCUT2D eigenvalue weighted by atomic mass is 32.2. The van der Waals surface area contributed by atoms with E-state index in [0.29, 0.717) is 17.7 Å². The lowest BCUT2D eigenvalue weighted by molar-refractivity contribution is 0.0924. The number of carbonyl (C=O) groups excluding carboxylic acids is 1. The van der Waals surface area contributed by atoms with Gasteiger partial charge in [0.25, 0.3) is 5.91 Å². The third-order valence-electron chi connectivity index (χ3n) is 2.43. The summed E-state index contributed by atoms with van der Waals surface area (Å²) in [6.45, 7) is 3.49. The fraction of sp³-hybridized carbons (Fsp3) is 0.462. The third kappa shape index (κ3) is 5.58. The van der Waals surface area contributed by atoms with Gasteiger partial charge in [0.15, 0.2) is 0 Å². The predicted octanol–water partition coefficient (Wildman–Crippen LogP) is 0.949. The number of carbonyl (C=O) groups is 1. The normalized spacial score (nSPS) is 12.8. The van der Waals surface area contributed by atoms with Gasteiger partial charge in [-0.3, -0.25) is 9.52 Å². The summed E-state index contributed by atoms with van der Waals surface area (Å²) in [6.07, 6.45) is -0.116. The largest absolute Gasteiger partial charge is 0.392 e. The van der Waals surface area contributed by atoms with Gasteiger partial charge in [0, 0.05) is 17.8 Å². The van der Waals surface area contributed by atoms with E-state index in [4.69, 9.17) is 5.11 Å². The van der Waals surface area contributed by atoms with Crippen molar-refractivity contribution in [2.75, 3.05) is 17.0 Å². The number of nitrogens with one attached hydrogen (secondary N) is 2. The molecule has 112 valence electrons. The summed E-state index contributed by atoms with van der Waals surface area (Å²) in [4.78, 5) is 11.8. The molecule has 0 aliphatic carbocycles. The molecule has 0 aliphatic rings. The molecule has 1 aromatic carbocycles. The third-order valence-corrected chi connectivity index (χ3v) is 3.92. The van der Waals surface area contributed by atoms with Crippen LogP contribution in [0.4, 0.5) is 5.69 Å². The van der Waals surface area contributed by atoms with Gasteiger partial charge in [-0.15, -0.1) is 0 Å². The monoisotopic (exact) mass is 300 g/mol. The number of aliphatic hydroxyl groups excluding tert-OH is 1. The number of hydrogen-bond donors (Lipinski definition) is 3. The number of rotatable bonds is 7. The summed E-state index contributed by atoms with van der Waals surface area (Å²) in [5.41, 5.74) is 0.686. The molecule has 0 saturated heterocycles. The molecule has 0 aromatic heterocycles. The molecule has 7 heteroatoms. The first-order chi connectivity index (χ1) is 9.34. The van der Waals surface area contributed by atoms with Crippen LogP contribution in [0.15, 0.2) is 24.3 Å². The fourth-order valence-corrected chi connectivity index (χ4v) is 2.69. The molecule has 0 fully saturated rings. The summed E-state index contributed by atoms with van der Waals surface area (Å²) >= 11 is 0. The molecule has 1 unspecified atom stereocenters. The predicted molar refractivity (Wildman–Crippen MR) is 78.2 cm³/mol. The first-order valence-corrected chi connectivity index (χ1v) is 8.06. The number of aliphatic hydroxyl groups is 1. The molecule has 0 saturated carbocycles. The maximum Gasteiger partial charge on any atom is 0.251 e. The molecule has 6 nitrogen and oxygen atoms in total. The second kappa shape index (κ2) is 7.25. The molecular weight excluding hydrogens is 280 g/mol. The van der Waals surface area contributed by atoms with E-state index >= 15 is 0 Å². The van der Waals surface area contributed by atoms with E-state index in [1.54, 1.807) is 32.0 Å². The SMILES string of the molecule is CCCS(=O)(=O)Nc1cccc(C(=O)NCC(C)O)c1. The number of hydrogen-bond acceptors (Lipinski definition) is 4. The Morgan fingerprint density at radius 1 is 1.40 bits per heavy atom. The Balaban J connectivity index is 2.78. The summed E-state index contributed by atoms with van der Waals surface area (Å²) < 4.78 is 25.7. The van der Waals surface area contributed by atoms with Crippen molar-refractivity contribution in [3.63, 3.8) is 0 Å². The molecule has 1 aromatic rings. The molecule has 1 rings (SSSR count). The lowest BCUT2D eigenvalue weighted by Gasteiger charge is -2.10. The molecule has 0 heterocycles. The van der Waals surface area contributed by atoms with Crippen molar-refractivity contribution in [1.29, 1.82) is 0 Å². The van der Waals surface area contributed by atoms with Crippen molar-refractivity contribution >= 4 is 21.6 Å². The van der Waals surface area contributed by atoms with Crippen LogP contribution in [0.2, 0.25) is 0 Å². The van der Waals surface area contributed by atoms with E-state index in [1.165, 1.54) is 6.07 Å². The molecule has 20 heavy (non-hydrogen) atoms. The van der Waals surface area contributed by atoms with Crippen LogP contribution in [0.25, 0.3) is 0 Å². The first kappa shape index (κ1) is 16.5. The molecule has 1 amide bonds. The van der Waals surface area contributed by atoms with E-state index in [0.717, 1.165) is 0 Å². The van der Waals surface area contributed by atoms with Crippen molar-refractivity contribution in [3.05, 3.63) is 29.8 Å². The van der Waals surface area contributed by atoms with Gasteiger partial charge in [-0.2, -0.15) is 0 Å². The summed E-state index contributed by atoms with van der Waals surface area (Å²) in [6, 6.07) is 6.22. The maximum absolute atomic E-state index is 11.8. The van der Waals surface area contributed by atoms with Crippen LogP contribution in [-0.2, 0) is 10.0 Å². The van der Waals surface area contributed by atoms with Gasteiger partial charge in [-0.1, -0.05) is 13.0 Å². The second-order valence-corrected chi connectivity index (χ2v) is 6.40. The number of amides is 1. The van der Waals surface area contributed by atoms with Crippen LogP contribution in [0, 0.1) is 0 Å². The van der Waals surface area contributed by atoms with E-state index in [-0.39, 0.29) is 18.2 Å². The lowest BCUT2D eigenvalue weighted by Crippen LogP contribution is -2.30. The van der Waals surface area contributed by atoms with Gasteiger partial charge in [0.05, 0.1) is 11.9 Å². The number of sulfonamides is 1. The van der Waals surface area contributed by atoms with E-state index < -0.39 is 16.1 Å². The molecule has 0 radical (unpaired) electrons. The lowest BCUT2D eigenvalue weighted by atomic mass is 10.2. The smallest absolute Gasteiger partial charge is 0.251 e. The Kier molecular flexibility index (Phi) is 5.97. The molecule has 0 bridgehead atoms. The van der Waals surface area contributed by atoms with Gasteiger partial charge in [0.1, 0.15) is 0 Å². The minimum absolute atomic E-state index is 0.0332. The van der Waals surface area contributed by atoms with Crippen molar-refractivity contribution in [2.24, 2.45) is 0 Å². The summed E-state index contributed by atoms with van der Waals surface area (Å²) in [5.74, 6) is -0.326. The zero-order valence-electron chi connectivity index (χ0n) is 11.6. The maximum atomic E-state index is 11.8. The fourth-order valence-electron chi connectivity index (χ4n) is 1.57. The van der Waals surface area contributed by atoms with Crippen LogP contribution in [0.1, 0.15) is 30.6 Å². The van der Waals surface area contributed by atoms with E-state index in [2.05, 4.69) is 10.0 Å². The van der Waals surface area contributed by atoms with Crippen LogP contribution in [-0.4, -0.2) is 37.8 Å². The minimum atomic E-state index is -3.37. The Morgan fingerprint density at radius 3 is 2.70 bits per heavy atom. The average Bonchev–Trinajstić information content (AvgIpc) is 2.35. The molecule has 0 spiro atoms. The van der Waals surface area contributed by atoms with Gasteiger partial charge >= 0.3 is 0 Å². The van der Waals surface area contributed by atoms with Gasteiger partial charge in [0.2, 0.25) is 10.0 Å². The van der Waals surface area contributed by atoms with Gasteiger partial charge in [-0.05, 0) is 31.5 Å². The first-order valence-electron chi connectivity index (χ1n) is 6.41. The quantitative estimate of drug-likeness (QED) is 0.698. The number of benzene rings is 1. The molecule has 1 atom stereocenters. The topological polar surface area (TPSA) is 95.5 Å². The van der Waals surface area contributed by atoms with Crippen LogP contribution in [0.3, 0.4) is 0 Å². The molecule has 0 aliphatic heterocycles. The van der Waals surface area contributed by atoms with Crippen LogP contribution < -0.4 is 10.0 Å². The summed E-state index contributed by atoms with van der Waals surface area (Å²) in [7, 11) is -3.37. The van der Waals surface area contributed by atoms with Crippen LogP contribution >= 0.6 is 0 Å². The van der Waals surface area contributed by atoms with Crippen molar-refractivity contribution in [3.8, 4) is 0 Å². The van der Waals surface area contributed by atoms with Gasteiger partial charge in [-0.25, -0.2) is 8.42 Å². The Morgan fingerprint density at radius 2 is 2.10 bits per heavy atom. The highest BCUT2D eigenvalue weighted by Crippen LogP contribution is 2.13. The standard InChI is InChI=1S/C13H20N2O4S/c1-3-7-20(18,19)15-12-6-4-5-11(8-12)13(17)14-9-10(2)16/h4-6,8,10,15-16H,3,7,9H2,1-2H3,(H,14,17). The Labute approximate surface area is 119 Å². The molecule has 3 N–H and O–H groups in total. The van der Waals surface area contributed by atoms with Crippen molar-refractivity contribution < 1.29 is 18.3 Å². The van der Waals surface area contributed by atoms with Crippen molar-refractivity contribution in [1.82, 2.24) is 5.32 Å². The Hall–Kier alpha value is -1.60. The van der Waals surface area contributed by atoms with Crippen LogP contribution in [0.5, 0.6) is 0 Å². The van der Waals surface area contributed by atoms with E-state index in [1.807, 2.05) is 0 Å². The number of anilines is 1. The highest BCUT2D eigenvalue weighted by Gasteiger charge is 2.11. The van der Waals surface area contributed by atoms with Gasteiger partial charge < -0.3 is 10.4 Å². The average molecular weight is 300 g/mol. The highest BCUT2D eigenvalue weighted by molar-refractivity contribution is 7.92. The minimum Gasteiger partial charge on any atom is -0.392 e. The zero-order valence-corrected chi connectivity index (χ0v) is 12.4. The van der Waals surface area contributed by atoms with Crippen molar-refractivity contribution in [2.45, 2.75) is 26.4 Å². The molecular formula is C13H20N2O4S. The Bertz CT molecular complexity index is 555. The second-order valence-electron chi connectivity index (χ2n) is 4.56. The van der Waals surface area contributed by atoms with E-state index in [9.17, 15) is 13.2 Å². The summed E-state index contributed by atoms with van der Waals surface area (Å²) in [5, 5.41) is 11.7.